The lowest BCUT2D eigenvalue weighted by Gasteiger charge is -2.50. The van der Waals surface area contributed by atoms with Gasteiger partial charge in [-0.2, -0.15) is 0 Å². The Morgan fingerprint density at radius 1 is 1.33 bits per heavy atom. The van der Waals surface area contributed by atoms with Crippen molar-refractivity contribution >= 4 is 11.7 Å². The average molecular weight is 408 g/mol. The van der Waals surface area contributed by atoms with Gasteiger partial charge >= 0.3 is 5.97 Å². The smallest absolute Gasteiger partial charge is 0.335 e. The summed E-state index contributed by atoms with van der Waals surface area (Å²) in [5.74, 6) is 0.897. The van der Waals surface area contributed by atoms with Gasteiger partial charge in [0.05, 0.1) is 30.9 Å². The maximum atomic E-state index is 11.7. The Morgan fingerprint density at radius 2 is 2.13 bits per heavy atom. The summed E-state index contributed by atoms with van der Waals surface area (Å²) in [7, 11) is 1.68. The summed E-state index contributed by atoms with van der Waals surface area (Å²) in [6.07, 6.45) is 4.09. The highest BCUT2D eigenvalue weighted by molar-refractivity contribution is 5.89. The van der Waals surface area contributed by atoms with Gasteiger partial charge in [0.15, 0.2) is 0 Å². The Hall–Kier alpha value is -2.95. The zero-order chi connectivity index (χ0) is 21.5. The largest absolute Gasteiger partial charge is 0.496 e. The van der Waals surface area contributed by atoms with Gasteiger partial charge in [-0.1, -0.05) is 24.6 Å². The Balaban J connectivity index is 1.86. The molecule has 0 fully saturated rings. The molecule has 2 aliphatic heterocycles. The molecule has 0 bridgehead atoms. The molecule has 5 heteroatoms. The zero-order valence-electron chi connectivity index (χ0n) is 18.0. The molecule has 2 aromatic carbocycles. The molecule has 0 unspecified atom stereocenters. The average Bonchev–Trinajstić information content (AvgIpc) is 2.72. The second kappa shape index (κ2) is 7.71. The first-order valence-electron chi connectivity index (χ1n) is 10.4. The monoisotopic (exact) mass is 407 g/mol. The first kappa shape index (κ1) is 20.3. The molecule has 0 amide bonds. The quantitative estimate of drug-likeness (QED) is 0.634. The van der Waals surface area contributed by atoms with Crippen LogP contribution in [0.15, 0.2) is 48.0 Å². The van der Waals surface area contributed by atoms with Gasteiger partial charge in [0.1, 0.15) is 11.5 Å². The molecule has 4 rings (SSSR count). The third kappa shape index (κ3) is 3.32. The number of hydrogen-bond acceptors (Lipinski definition) is 4. The number of rotatable bonds is 5. The normalized spacial score (nSPS) is 23.7. The van der Waals surface area contributed by atoms with E-state index >= 15 is 0 Å². The summed E-state index contributed by atoms with van der Waals surface area (Å²) < 4.78 is 11.9. The van der Waals surface area contributed by atoms with E-state index in [1.165, 1.54) is 5.57 Å². The van der Waals surface area contributed by atoms with E-state index in [9.17, 15) is 9.90 Å². The number of fused-ring (bicyclic) bond motifs is 4. The van der Waals surface area contributed by atoms with Crippen LogP contribution in [0.1, 0.15) is 61.1 Å². The van der Waals surface area contributed by atoms with Gasteiger partial charge in [-0.25, -0.2) is 4.79 Å². The van der Waals surface area contributed by atoms with Crippen LogP contribution in [0.4, 0.5) is 5.69 Å². The van der Waals surface area contributed by atoms with Crippen LogP contribution in [-0.2, 0) is 5.41 Å². The van der Waals surface area contributed by atoms with Crippen molar-refractivity contribution in [2.75, 3.05) is 19.0 Å². The highest BCUT2D eigenvalue weighted by Gasteiger charge is 2.49. The van der Waals surface area contributed by atoms with Crippen LogP contribution in [0.2, 0.25) is 0 Å². The summed E-state index contributed by atoms with van der Waals surface area (Å²) in [6, 6.07) is 11.3. The molecule has 2 aliphatic rings. The third-order valence-electron chi connectivity index (χ3n) is 6.61. The molecule has 2 heterocycles. The SMILES string of the molecule is COc1cccc2c1[C@H]1Nc3ccc(C(=O)O)cc3[C@](C)(CCC=C(C)C)[C@H]1CO2. The van der Waals surface area contributed by atoms with E-state index in [1.54, 1.807) is 13.2 Å². The van der Waals surface area contributed by atoms with Gasteiger partial charge in [0, 0.05) is 17.0 Å². The molecule has 0 aromatic heterocycles. The van der Waals surface area contributed by atoms with Crippen molar-refractivity contribution in [3.8, 4) is 11.5 Å². The van der Waals surface area contributed by atoms with Gasteiger partial charge in [0.25, 0.3) is 0 Å². The topological polar surface area (TPSA) is 67.8 Å². The minimum absolute atomic E-state index is 0.0322. The molecule has 0 aliphatic carbocycles. The van der Waals surface area contributed by atoms with Gasteiger partial charge in [-0.15, -0.1) is 0 Å². The standard InChI is InChI=1S/C25H29NO4/c1-15(2)7-6-12-25(3)17-13-16(24(27)28)10-11-19(17)26-23-18(25)14-30-21-9-5-8-20(29-4)22(21)23/h5,7-11,13,18,23,26H,6,12,14H2,1-4H3,(H,27,28)/t18-,23-,25-/m0/s1. The summed E-state index contributed by atoms with van der Waals surface area (Å²) in [4.78, 5) is 11.7. The minimum Gasteiger partial charge on any atom is -0.496 e. The minimum atomic E-state index is -0.904. The van der Waals surface area contributed by atoms with Gasteiger partial charge in [-0.3, -0.25) is 0 Å². The number of nitrogens with one attached hydrogen (secondary N) is 1. The van der Waals surface area contributed by atoms with Crippen molar-refractivity contribution < 1.29 is 19.4 Å². The van der Waals surface area contributed by atoms with Crippen molar-refractivity contribution in [1.82, 2.24) is 0 Å². The number of carboxylic acids is 1. The van der Waals surface area contributed by atoms with E-state index in [-0.39, 0.29) is 17.4 Å². The molecule has 30 heavy (non-hydrogen) atoms. The molecule has 2 N–H and O–H groups in total. The Morgan fingerprint density at radius 3 is 2.83 bits per heavy atom. The molecular weight excluding hydrogens is 378 g/mol. The molecule has 0 spiro atoms. The van der Waals surface area contributed by atoms with Gasteiger partial charge in [0.2, 0.25) is 0 Å². The van der Waals surface area contributed by atoms with Crippen molar-refractivity contribution in [3.05, 3.63) is 64.7 Å². The third-order valence-corrected chi connectivity index (χ3v) is 6.61. The van der Waals surface area contributed by atoms with E-state index in [1.807, 2.05) is 30.3 Å². The fraction of sp³-hybridized carbons (Fsp3) is 0.400. The van der Waals surface area contributed by atoms with E-state index < -0.39 is 5.97 Å². The van der Waals surface area contributed by atoms with Crippen LogP contribution in [0, 0.1) is 5.92 Å². The molecule has 158 valence electrons. The summed E-state index contributed by atoms with van der Waals surface area (Å²) in [5, 5.41) is 13.2. The van der Waals surface area contributed by atoms with Crippen molar-refractivity contribution in [2.24, 2.45) is 5.92 Å². The molecule has 0 saturated carbocycles. The predicted octanol–water partition coefficient (Wildman–Crippen LogP) is 5.57. The van der Waals surface area contributed by atoms with Crippen molar-refractivity contribution in [1.29, 1.82) is 0 Å². The second-order valence-electron chi connectivity index (χ2n) is 8.71. The molecule has 0 saturated heterocycles. The summed E-state index contributed by atoms with van der Waals surface area (Å²) in [6.45, 7) is 7.03. The molecule has 3 atom stereocenters. The van der Waals surface area contributed by atoms with Crippen LogP contribution in [-0.4, -0.2) is 24.8 Å². The number of anilines is 1. The summed E-state index contributed by atoms with van der Waals surface area (Å²) in [5.41, 5.74) is 4.43. The molecule has 2 aromatic rings. The number of carboxylic acid groups (broad SMARTS) is 1. The second-order valence-corrected chi connectivity index (χ2v) is 8.71. The first-order chi connectivity index (χ1) is 14.3. The molecule has 5 nitrogen and oxygen atoms in total. The Bertz CT molecular complexity index is 994. The van der Waals surface area contributed by atoms with E-state index in [2.05, 4.69) is 32.2 Å². The van der Waals surface area contributed by atoms with Crippen molar-refractivity contribution in [2.45, 2.75) is 45.1 Å². The number of ether oxygens (including phenoxy) is 2. The fourth-order valence-corrected chi connectivity index (χ4v) is 4.96. The Kier molecular flexibility index (Phi) is 5.22. The number of benzene rings is 2. The number of allylic oxidation sites excluding steroid dienone is 2. The van der Waals surface area contributed by atoms with E-state index in [0.717, 1.165) is 41.2 Å². The summed E-state index contributed by atoms with van der Waals surface area (Å²) >= 11 is 0. The molecule has 0 radical (unpaired) electrons. The lowest BCUT2D eigenvalue weighted by Crippen LogP contribution is -2.48. The number of hydrogen-bond donors (Lipinski definition) is 2. The van der Waals surface area contributed by atoms with Gasteiger partial charge in [-0.05, 0) is 62.6 Å². The van der Waals surface area contributed by atoms with Crippen LogP contribution < -0.4 is 14.8 Å². The first-order valence-corrected chi connectivity index (χ1v) is 10.4. The van der Waals surface area contributed by atoms with Crippen LogP contribution in [0.5, 0.6) is 11.5 Å². The predicted molar refractivity (Wildman–Crippen MR) is 118 cm³/mol. The van der Waals surface area contributed by atoms with Gasteiger partial charge < -0.3 is 19.9 Å². The van der Waals surface area contributed by atoms with Crippen molar-refractivity contribution in [3.63, 3.8) is 0 Å². The number of carbonyl (C=O) groups is 1. The van der Waals surface area contributed by atoms with Crippen LogP contribution in [0.3, 0.4) is 0 Å². The number of aromatic carboxylic acids is 1. The zero-order valence-corrected chi connectivity index (χ0v) is 18.0. The highest BCUT2D eigenvalue weighted by Crippen LogP contribution is 2.55. The maximum absolute atomic E-state index is 11.7. The van der Waals surface area contributed by atoms with E-state index in [0.29, 0.717) is 12.2 Å². The Labute approximate surface area is 177 Å². The maximum Gasteiger partial charge on any atom is 0.335 e. The number of methoxy groups -OCH3 is 1. The van der Waals surface area contributed by atoms with Crippen LogP contribution >= 0.6 is 0 Å². The highest BCUT2D eigenvalue weighted by atomic mass is 16.5. The fourth-order valence-electron chi connectivity index (χ4n) is 4.96. The lowest BCUT2D eigenvalue weighted by molar-refractivity contribution is 0.0696. The van der Waals surface area contributed by atoms with Crippen LogP contribution in [0.25, 0.3) is 0 Å². The van der Waals surface area contributed by atoms with E-state index in [4.69, 9.17) is 9.47 Å². The lowest BCUT2D eigenvalue weighted by atomic mass is 9.62. The molecular formula is C25H29NO4.